The summed E-state index contributed by atoms with van der Waals surface area (Å²) in [4.78, 5) is 0. The van der Waals surface area contributed by atoms with Crippen LogP contribution in [0.15, 0.2) is 18.2 Å². The van der Waals surface area contributed by atoms with Gasteiger partial charge in [-0.15, -0.1) is 11.6 Å². The number of nitrogens with two attached hydrogens (primary N) is 1. The van der Waals surface area contributed by atoms with Crippen molar-refractivity contribution in [2.75, 3.05) is 5.88 Å². The predicted octanol–water partition coefficient (Wildman–Crippen LogP) is 2.26. The van der Waals surface area contributed by atoms with Crippen LogP contribution in [0, 0.1) is 17.7 Å². The number of rotatable bonds is 2. The molecule has 0 fully saturated rings. The Morgan fingerprint density at radius 1 is 1.43 bits per heavy atom. The summed E-state index contributed by atoms with van der Waals surface area (Å²) >= 11 is 5.45. The quantitative estimate of drug-likeness (QED) is 0.590. The Bertz CT molecular complexity index is 365. The van der Waals surface area contributed by atoms with Crippen LogP contribution in [0.5, 0.6) is 0 Å². The van der Waals surface area contributed by atoms with E-state index in [1.807, 2.05) is 0 Å². The van der Waals surface area contributed by atoms with Crippen molar-refractivity contribution in [2.24, 2.45) is 5.73 Å². The van der Waals surface area contributed by atoms with Crippen molar-refractivity contribution >= 4 is 11.6 Å². The van der Waals surface area contributed by atoms with Gasteiger partial charge in [-0.25, -0.2) is 4.39 Å². The fraction of sp³-hybridized carbons (Fsp3) is 0.273. The first-order valence-corrected chi connectivity index (χ1v) is 4.84. The molecule has 0 aliphatic heterocycles. The lowest BCUT2D eigenvalue weighted by atomic mass is 10.1. The van der Waals surface area contributed by atoms with E-state index in [1.54, 1.807) is 12.1 Å². The average Bonchev–Trinajstić information content (AvgIpc) is 2.18. The van der Waals surface area contributed by atoms with Crippen LogP contribution < -0.4 is 5.73 Å². The Kier molecular flexibility index (Phi) is 4.45. The van der Waals surface area contributed by atoms with E-state index < -0.39 is 0 Å². The maximum atomic E-state index is 13.2. The molecule has 0 saturated heterocycles. The molecule has 0 spiro atoms. The molecule has 1 rings (SSSR count). The Balaban J connectivity index is 2.82. The van der Waals surface area contributed by atoms with Gasteiger partial charge < -0.3 is 5.73 Å². The summed E-state index contributed by atoms with van der Waals surface area (Å²) in [6.07, 6.45) is 0.613. The van der Waals surface area contributed by atoms with Crippen LogP contribution in [0.3, 0.4) is 0 Å². The summed E-state index contributed by atoms with van der Waals surface area (Å²) in [5.74, 6) is 5.85. The number of halogens is 2. The molecule has 0 atom stereocenters. The molecule has 0 aliphatic rings. The van der Waals surface area contributed by atoms with Gasteiger partial charge in [-0.05, 0) is 12.1 Å². The molecule has 2 N–H and O–H groups in total. The molecule has 0 aromatic heterocycles. The molecule has 0 radical (unpaired) electrons. The minimum absolute atomic E-state index is 0.210. The van der Waals surface area contributed by atoms with Crippen molar-refractivity contribution in [3.05, 3.63) is 35.1 Å². The molecule has 1 aromatic rings. The lowest BCUT2D eigenvalue weighted by molar-refractivity contribution is 0.610. The zero-order chi connectivity index (χ0) is 10.4. The molecule has 74 valence electrons. The van der Waals surface area contributed by atoms with Crippen LogP contribution in [0.2, 0.25) is 0 Å². The second-order valence-electron chi connectivity index (χ2n) is 2.75. The highest BCUT2D eigenvalue weighted by Gasteiger charge is 1.99. The van der Waals surface area contributed by atoms with Crippen LogP contribution in [0.1, 0.15) is 17.5 Å². The largest absolute Gasteiger partial charge is 0.326 e. The summed E-state index contributed by atoms with van der Waals surface area (Å²) in [6.45, 7) is 0.210. The number of hydrogen-bond donors (Lipinski definition) is 1. The third kappa shape index (κ3) is 3.02. The van der Waals surface area contributed by atoms with Gasteiger partial charge in [0, 0.05) is 30.0 Å². The molecule has 0 amide bonds. The van der Waals surface area contributed by atoms with Gasteiger partial charge >= 0.3 is 0 Å². The smallest absolute Gasteiger partial charge is 0.128 e. The van der Waals surface area contributed by atoms with Gasteiger partial charge in [0.05, 0.1) is 0 Å². The minimum atomic E-state index is -0.301. The van der Waals surface area contributed by atoms with E-state index in [0.29, 0.717) is 23.4 Å². The molecule has 0 heterocycles. The first kappa shape index (κ1) is 11.0. The van der Waals surface area contributed by atoms with Crippen LogP contribution in [0.4, 0.5) is 4.39 Å². The lowest BCUT2D eigenvalue weighted by Gasteiger charge is -1.98. The Morgan fingerprint density at radius 2 is 2.21 bits per heavy atom. The van der Waals surface area contributed by atoms with E-state index in [4.69, 9.17) is 17.3 Å². The zero-order valence-electron chi connectivity index (χ0n) is 7.69. The average molecular weight is 212 g/mol. The van der Waals surface area contributed by atoms with Crippen LogP contribution in [0.25, 0.3) is 0 Å². The van der Waals surface area contributed by atoms with E-state index >= 15 is 0 Å². The predicted molar refractivity (Wildman–Crippen MR) is 56.5 cm³/mol. The van der Waals surface area contributed by atoms with Crippen LogP contribution in [-0.4, -0.2) is 5.88 Å². The standard InChI is InChI=1S/C11H11ClFN/c12-6-2-1-3-9-4-5-10(8-14)11(13)7-9/h4-5,7H,2,6,8,14H2. The maximum absolute atomic E-state index is 13.2. The van der Waals surface area contributed by atoms with E-state index in [-0.39, 0.29) is 12.4 Å². The number of benzene rings is 1. The van der Waals surface area contributed by atoms with Gasteiger partial charge in [-0.1, -0.05) is 17.9 Å². The highest BCUT2D eigenvalue weighted by molar-refractivity contribution is 6.18. The van der Waals surface area contributed by atoms with Gasteiger partial charge in [0.25, 0.3) is 0 Å². The summed E-state index contributed by atoms with van der Waals surface area (Å²) in [6, 6.07) is 4.80. The Hall–Kier alpha value is -1.04. The summed E-state index contributed by atoms with van der Waals surface area (Å²) in [7, 11) is 0. The molecule has 1 aromatic carbocycles. The summed E-state index contributed by atoms with van der Waals surface area (Å²) in [5.41, 5.74) is 6.49. The SMILES string of the molecule is NCc1ccc(C#CCCCl)cc1F. The molecule has 3 heteroatoms. The number of hydrogen-bond acceptors (Lipinski definition) is 1. The first-order chi connectivity index (χ1) is 6.77. The number of alkyl halides is 1. The molecular weight excluding hydrogens is 201 g/mol. The minimum Gasteiger partial charge on any atom is -0.326 e. The summed E-state index contributed by atoms with van der Waals surface area (Å²) < 4.78 is 13.2. The van der Waals surface area contributed by atoms with E-state index in [0.717, 1.165) is 0 Å². The van der Waals surface area contributed by atoms with Gasteiger partial charge in [0.1, 0.15) is 5.82 Å². The highest BCUT2D eigenvalue weighted by atomic mass is 35.5. The molecule has 0 aliphatic carbocycles. The monoisotopic (exact) mass is 211 g/mol. The van der Waals surface area contributed by atoms with Crippen molar-refractivity contribution in [1.82, 2.24) is 0 Å². The maximum Gasteiger partial charge on any atom is 0.128 e. The van der Waals surface area contributed by atoms with Gasteiger partial charge in [0.15, 0.2) is 0 Å². The summed E-state index contributed by atoms with van der Waals surface area (Å²) in [5, 5.41) is 0. The lowest BCUT2D eigenvalue weighted by Crippen LogP contribution is -1.99. The van der Waals surface area contributed by atoms with Crippen molar-refractivity contribution < 1.29 is 4.39 Å². The van der Waals surface area contributed by atoms with Crippen molar-refractivity contribution in [2.45, 2.75) is 13.0 Å². The normalized spacial score (nSPS) is 9.36. The fourth-order valence-electron chi connectivity index (χ4n) is 1.00. The molecule has 14 heavy (non-hydrogen) atoms. The molecular formula is C11H11ClFN. The third-order valence-electron chi connectivity index (χ3n) is 1.73. The van der Waals surface area contributed by atoms with E-state index in [9.17, 15) is 4.39 Å². The topological polar surface area (TPSA) is 26.0 Å². The van der Waals surface area contributed by atoms with Crippen molar-refractivity contribution in [3.8, 4) is 11.8 Å². The Labute approximate surface area is 88.1 Å². The second kappa shape index (κ2) is 5.64. The van der Waals surface area contributed by atoms with Gasteiger partial charge in [-0.2, -0.15) is 0 Å². The first-order valence-electron chi connectivity index (χ1n) is 4.31. The van der Waals surface area contributed by atoms with Crippen LogP contribution >= 0.6 is 11.6 Å². The van der Waals surface area contributed by atoms with E-state index in [1.165, 1.54) is 6.07 Å². The third-order valence-corrected chi connectivity index (χ3v) is 1.91. The van der Waals surface area contributed by atoms with Crippen molar-refractivity contribution in [1.29, 1.82) is 0 Å². The molecule has 0 bridgehead atoms. The molecule has 0 unspecified atom stereocenters. The van der Waals surface area contributed by atoms with Crippen LogP contribution in [-0.2, 0) is 6.54 Å². The van der Waals surface area contributed by atoms with E-state index in [2.05, 4.69) is 11.8 Å². The van der Waals surface area contributed by atoms with Gasteiger partial charge in [-0.3, -0.25) is 0 Å². The van der Waals surface area contributed by atoms with Gasteiger partial charge in [0.2, 0.25) is 0 Å². The zero-order valence-corrected chi connectivity index (χ0v) is 8.44. The molecule has 1 nitrogen and oxygen atoms in total. The van der Waals surface area contributed by atoms with Crippen molar-refractivity contribution in [3.63, 3.8) is 0 Å². The highest BCUT2D eigenvalue weighted by Crippen LogP contribution is 2.08. The second-order valence-corrected chi connectivity index (χ2v) is 3.13. The Morgan fingerprint density at radius 3 is 2.79 bits per heavy atom. The fourth-order valence-corrected chi connectivity index (χ4v) is 1.10. The molecule has 0 saturated carbocycles.